The molecule has 1 aliphatic heterocycles. The molecule has 32 heavy (non-hydrogen) atoms. The number of aromatic nitrogens is 2. The van der Waals surface area contributed by atoms with Crippen molar-refractivity contribution in [3.05, 3.63) is 58.9 Å². The number of para-hydroxylation sites is 1. The summed E-state index contributed by atoms with van der Waals surface area (Å²) in [6.45, 7) is 4.46. The minimum absolute atomic E-state index is 0.124. The summed E-state index contributed by atoms with van der Waals surface area (Å²) in [6, 6.07) is 15.0. The van der Waals surface area contributed by atoms with Crippen LogP contribution in [0.3, 0.4) is 0 Å². The molecule has 4 rings (SSSR count). The Labute approximate surface area is 191 Å². The van der Waals surface area contributed by atoms with Crippen molar-refractivity contribution in [2.45, 2.75) is 31.0 Å². The van der Waals surface area contributed by atoms with E-state index < -0.39 is 0 Å². The predicted molar refractivity (Wildman–Crippen MR) is 130 cm³/mol. The SMILES string of the molecule is COC[C@@H](C)n1c(SCC(=O)Nc2ccc(N3CCCC3)cc2)nc2ccccc2c1=O. The molecule has 1 aromatic heterocycles. The summed E-state index contributed by atoms with van der Waals surface area (Å²) in [5.41, 5.74) is 2.45. The molecule has 3 aromatic rings. The van der Waals surface area contributed by atoms with Crippen LogP contribution in [-0.4, -0.2) is 48.0 Å². The maximum Gasteiger partial charge on any atom is 0.262 e. The first kappa shape index (κ1) is 22.4. The normalized spacial score (nSPS) is 14.6. The van der Waals surface area contributed by atoms with E-state index in [1.165, 1.54) is 30.3 Å². The molecule has 0 unspecified atom stereocenters. The molecule has 1 aliphatic rings. The van der Waals surface area contributed by atoms with Crippen molar-refractivity contribution in [1.82, 2.24) is 9.55 Å². The summed E-state index contributed by atoms with van der Waals surface area (Å²) in [5, 5.41) is 4.01. The number of carbonyl (C=O) groups excluding carboxylic acids is 1. The van der Waals surface area contributed by atoms with Crippen molar-refractivity contribution in [3.8, 4) is 0 Å². The van der Waals surface area contributed by atoms with Gasteiger partial charge < -0.3 is 15.0 Å². The molecule has 0 saturated carbocycles. The van der Waals surface area contributed by atoms with Gasteiger partial charge in [0.2, 0.25) is 5.91 Å². The molecule has 1 amide bonds. The first-order valence-electron chi connectivity index (χ1n) is 10.8. The molecule has 0 aliphatic carbocycles. The molecule has 2 aromatic carbocycles. The fraction of sp³-hybridized carbons (Fsp3) is 0.375. The van der Waals surface area contributed by atoms with Gasteiger partial charge in [0, 0.05) is 31.6 Å². The van der Waals surface area contributed by atoms with Crippen molar-refractivity contribution >= 4 is 39.9 Å². The lowest BCUT2D eigenvalue weighted by Crippen LogP contribution is -2.29. The lowest BCUT2D eigenvalue weighted by molar-refractivity contribution is -0.113. The smallest absolute Gasteiger partial charge is 0.262 e. The summed E-state index contributed by atoms with van der Waals surface area (Å²) in [4.78, 5) is 32.7. The van der Waals surface area contributed by atoms with Crippen molar-refractivity contribution < 1.29 is 9.53 Å². The number of nitrogens with zero attached hydrogens (tertiary/aromatic N) is 3. The number of rotatable bonds is 8. The minimum Gasteiger partial charge on any atom is -0.383 e. The van der Waals surface area contributed by atoms with E-state index in [9.17, 15) is 9.59 Å². The maximum atomic E-state index is 13.1. The fourth-order valence-electron chi connectivity index (χ4n) is 3.99. The second-order valence-corrected chi connectivity index (χ2v) is 8.91. The van der Waals surface area contributed by atoms with Gasteiger partial charge in [-0.15, -0.1) is 0 Å². The van der Waals surface area contributed by atoms with Gasteiger partial charge in [0.25, 0.3) is 5.56 Å². The van der Waals surface area contributed by atoms with E-state index in [1.807, 2.05) is 49.4 Å². The van der Waals surface area contributed by atoms with Crippen molar-refractivity contribution in [2.75, 3.05) is 42.8 Å². The molecule has 1 fully saturated rings. The van der Waals surface area contributed by atoms with Crippen LogP contribution in [0.1, 0.15) is 25.8 Å². The van der Waals surface area contributed by atoms with Crippen LogP contribution in [0, 0.1) is 0 Å². The highest BCUT2D eigenvalue weighted by Gasteiger charge is 2.18. The molecule has 168 valence electrons. The van der Waals surface area contributed by atoms with Crippen LogP contribution in [0.5, 0.6) is 0 Å². The van der Waals surface area contributed by atoms with Crippen molar-refractivity contribution in [2.24, 2.45) is 0 Å². The van der Waals surface area contributed by atoms with Gasteiger partial charge in [-0.05, 0) is 56.2 Å². The average molecular weight is 453 g/mol. The largest absolute Gasteiger partial charge is 0.383 e. The Bertz CT molecular complexity index is 1140. The summed E-state index contributed by atoms with van der Waals surface area (Å²) in [5.74, 6) is 0.00974. The number of methoxy groups -OCH3 is 1. The maximum absolute atomic E-state index is 13.1. The molecule has 1 atom stereocenters. The van der Waals surface area contributed by atoms with Crippen LogP contribution in [0.2, 0.25) is 0 Å². The van der Waals surface area contributed by atoms with Crippen LogP contribution >= 0.6 is 11.8 Å². The molecule has 7 nitrogen and oxygen atoms in total. The summed E-state index contributed by atoms with van der Waals surface area (Å²) in [6.07, 6.45) is 2.46. The Morgan fingerprint density at radius 1 is 1.16 bits per heavy atom. The van der Waals surface area contributed by atoms with Crippen LogP contribution in [-0.2, 0) is 9.53 Å². The number of nitrogens with one attached hydrogen (secondary N) is 1. The lowest BCUT2D eigenvalue weighted by Gasteiger charge is -2.19. The Hall–Kier alpha value is -2.84. The van der Waals surface area contributed by atoms with Gasteiger partial charge in [-0.2, -0.15) is 0 Å². The number of fused-ring (bicyclic) bond motifs is 1. The number of hydrogen-bond donors (Lipinski definition) is 1. The molecule has 8 heteroatoms. The van der Waals surface area contributed by atoms with E-state index in [4.69, 9.17) is 4.74 Å². The van der Waals surface area contributed by atoms with Gasteiger partial charge in [-0.3, -0.25) is 14.2 Å². The number of anilines is 2. The predicted octanol–water partition coefficient (Wildman–Crippen LogP) is 3.93. The fourth-order valence-corrected chi connectivity index (χ4v) is 4.89. The zero-order chi connectivity index (χ0) is 22.5. The molecule has 1 saturated heterocycles. The topological polar surface area (TPSA) is 76.5 Å². The third-order valence-corrected chi connectivity index (χ3v) is 6.53. The van der Waals surface area contributed by atoms with Gasteiger partial charge >= 0.3 is 0 Å². The van der Waals surface area contributed by atoms with Crippen LogP contribution in [0.4, 0.5) is 11.4 Å². The number of thioether (sulfide) groups is 1. The molecule has 0 radical (unpaired) electrons. The second-order valence-electron chi connectivity index (χ2n) is 7.97. The minimum atomic E-state index is -0.201. The molecule has 0 bridgehead atoms. The van der Waals surface area contributed by atoms with Gasteiger partial charge in [0.05, 0.1) is 29.3 Å². The Morgan fingerprint density at radius 3 is 2.59 bits per heavy atom. The van der Waals surface area contributed by atoms with Crippen LogP contribution in [0.25, 0.3) is 10.9 Å². The number of amides is 1. The summed E-state index contributed by atoms with van der Waals surface area (Å²) >= 11 is 1.26. The standard InChI is InChI=1S/C24H28N4O3S/c1-17(15-31-2)28-23(30)20-7-3-4-8-21(20)26-24(28)32-16-22(29)25-18-9-11-19(12-10-18)27-13-5-6-14-27/h3-4,7-12,17H,5-6,13-16H2,1-2H3,(H,25,29)/t17-/m1/s1. The Kier molecular flexibility index (Phi) is 7.12. The van der Waals surface area contributed by atoms with E-state index >= 15 is 0 Å². The monoisotopic (exact) mass is 452 g/mol. The van der Waals surface area contributed by atoms with E-state index in [0.717, 1.165) is 18.8 Å². The van der Waals surface area contributed by atoms with E-state index in [-0.39, 0.29) is 23.3 Å². The number of carbonyl (C=O) groups is 1. The quantitative estimate of drug-likeness (QED) is 0.412. The highest BCUT2D eigenvalue weighted by Crippen LogP contribution is 2.24. The highest BCUT2D eigenvalue weighted by molar-refractivity contribution is 7.99. The van der Waals surface area contributed by atoms with Crippen LogP contribution in [0.15, 0.2) is 58.5 Å². The number of benzene rings is 2. The van der Waals surface area contributed by atoms with E-state index in [2.05, 4.69) is 15.2 Å². The molecule has 0 spiro atoms. The first-order chi connectivity index (χ1) is 15.6. The lowest BCUT2D eigenvalue weighted by atomic mass is 10.2. The van der Waals surface area contributed by atoms with E-state index in [0.29, 0.717) is 22.7 Å². The molecule has 2 heterocycles. The van der Waals surface area contributed by atoms with Gasteiger partial charge in [0.1, 0.15) is 0 Å². The van der Waals surface area contributed by atoms with Crippen molar-refractivity contribution in [3.63, 3.8) is 0 Å². The Morgan fingerprint density at radius 2 is 1.88 bits per heavy atom. The van der Waals surface area contributed by atoms with Gasteiger partial charge in [0.15, 0.2) is 5.16 Å². The van der Waals surface area contributed by atoms with Crippen molar-refractivity contribution in [1.29, 1.82) is 0 Å². The third-order valence-electron chi connectivity index (χ3n) is 5.58. The number of ether oxygens (including phenoxy) is 1. The first-order valence-corrected chi connectivity index (χ1v) is 11.8. The van der Waals surface area contributed by atoms with Gasteiger partial charge in [-0.1, -0.05) is 23.9 Å². The average Bonchev–Trinajstić information content (AvgIpc) is 3.33. The molecule has 1 N–H and O–H groups in total. The number of hydrogen-bond acceptors (Lipinski definition) is 6. The van der Waals surface area contributed by atoms with Gasteiger partial charge in [-0.25, -0.2) is 4.98 Å². The Balaban J connectivity index is 1.47. The summed E-state index contributed by atoms with van der Waals surface area (Å²) in [7, 11) is 1.60. The molecular formula is C24H28N4O3S. The molecular weight excluding hydrogens is 424 g/mol. The van der Waals surface area contributed by atoms with Crippen LogP contribution < -0.4 is 15.8 Å². The third kappa shape index (κ3) is 4.97. The second kappa shape index (κ2) is 10.2. The van der Waals surface area contributed by atoms with E-state index in [1.54, 1.807) is 17.7 Å². The zero-order valence-corrected chi connectivity index (χ0v) is 19.2. The zero-order valence-electron chi connectivity index (χ0n) is 18.4. The highest BCUT2D eigenvalue weighted by atomic mass is 32.2. The summed E-state index contributed by atoms with van der Waals surface area (Å²) < 4.78 is 6.87.